The Labute approximate surface area is 142 Å². The van der Waals surface area contributed by atoms with Gasteiger partial charge in [0.1, 0.15) is 5.76 Å². The molecule has 2 amide bonds. The predicted molar refractivity (Wildman–Crippen MR) is 89.2 cm³/mol. The minimum atomic E-state index is -0.178. The molecule has 2 N–H and O–H groups in total. The van der Waals surface area contributed by atoms with Crippen LogP contribution in [0.3, 0.4) is 0 Å². The lowest BCUT2D eigenvalue weighted by atomic mass is 10.2. The fraction of sp³-hybridized carbons (Fsp3) is 0.647. The average Bonchev–Trinajstić information content (AvgIpc) is 3.23. The van der Waals surface area contributed by atoms with Gasteiger partial charge < -0.3 is 15.1 Å². The van der Waals surface area contributed by atoms with Crippen LogP contribution in [0, 0.1) is 0 Å². The Balaban J connectivity index is 1.36. The molecular formula is C17H26N4O3. The van der Waals surface area contributed by atoms with Gasteiger partial charge in [-0.25, -0.2) is 0 Å². The van der Waals surface area contributed by atoms with Gasteiger partial charge in [0.2, 0.25) is 11.8 Å². The van der Waals surface area contributed by atoms with E-state index in [0.717, 1.165) is 44.8 Å². The molecule has 0 aromatic carbocycles. The molecule has 1 saturated carbocycles. The smallest absolute Gasteiger partial charge is 0.237 e. The van der Waals surface area contributed by atoms with E-state index >= 15 is 0 Å². The van der Waals surface area contributed by atoms with Crippen molar-refractivity contribution in [1.29, 1.82) is 0 Å². The quantitative estimate of drug-likeness (QED) is 0.744. The number of carbonyl (C=O) groups is 2. The van der Waals surface area contributed by atoms with Crippen LogP contribution < -0.4 is 10.6 Å². The molecule has 2 aliphatic rings. The Bertz CT molecular complexity index is 548. The highest BCUT2D eigenvalue weighted by Gasteiger charge is 2.28. The second-order valence-corrected chi connectivity index (χ2v) is 6.63. The minimum Gasteiger partial charge on any atom is -0.467 e. The van der Waals surface area contributed by atoms with E-state index in [1.807, 2.05) is 19.1 Å². The normalized spacial score (nSPS) is 20.5. The van der Waals surface area contributed by atoms with E-state index < -0.39 is 0 Å². The molecule has 3 rings (SSSR count). The highest BCUT2D eigenvalue weighted by molar-refractivity contribution is 5.81. The van der Waals surface area contributed by atoms with E-state index in [4.69, 9.17) is 4.42 Å². The number of amides is 2. The average molecular weight is 334 g/mol. The van der Waals surface area contributed by atoms with Gasteiger partial charge in [-0.05, 0) is 31.9 Å². The van der Waals surface area contributed by atoms with E-state index in [1.54, 1.807) is 6.26 Å². The van der Waals surface area contributed by atoms with Crippen molar-refractivity contribution < 1.29 is 14.0 Å². The summed E-state index contributed by atoms with van der Waals surface area (Å²) in [4.78, 5) is 28.4. The van der Waals surface area contributed by atoms with Gasteiger partial charge in [-0.2, -0.15) is 0 Å². The molecule has 0 unspecified atom stereocenters. The van der Waals surface area contributed by atoms with Crippen molar-refractivity contribution in [2.24, 2.45) is 0 Å². The zero-order valence-electron chi connectivity index (χ0n) is 14.2. The molecule has 1 aliphatic heterocycles. The third-order valence-electron chi connectivity index (χ3n) is 4.66. The van der Waals surface area contributed by atoms with Crippen LogP contribution in [0.15, 0.2) is 22.8 Å². The number of furan rings is 1. The largest absolute Gasteiger partial charge is 0.467 e. The molecule has 1 aromatic rings. The molecule has 24 heavy (non-hydrogen) atoms. The minimum absolute atomic E-state index is 0.00586. The van der Waals surface area contributed by atoms with Crippen LogP contribution in [0.2, 0.25) is 0 Å². The van der Waals surface area contributed by atoms with E-state index in [2.05, 4.69) is 20.4 Å². The third kappa shape index (κ3) is 4.82. The van der Waals surface area contributed by atoms with Crippen LogP contribution in [0.5, 0.6) is 0 Å². The summed E-state index contributed by atoms with van der Waals surface area (Å²) in [5.41, 5.74) is 0. The predicted octanol–water partition coefficient (Wildman–Crippen LogP) is 0.181. The molecule has 2 heterocycles. The summed E-state index contributed by atoms with van der Waals surface area (Å²) >= 11 is 0. The van der Waals surface area contributed by atoms with E-state index in [1.165, 1.54) is 0 Å². The van der Waals surface area contributed by atoms with Gasteiger partial charge in [-0.1, -0.05) is 0 Å². The van der Waals surface area contributed by atoms with Crippen molar-refractivity contribution in [3.05, 3.63) is 24.2 Å². The fourth-order valence-electron chi connectivity index (χ4n) is 2.91. The summed E-state index contributed by atoms with van der Waals surface area (Å²) in [7, 11) is 0. The van der Waals surface area contributed by atoms with Crippen LogP contribution in [0.4, 0.5) is 0 Å². The Morgan fingerprint density at radius 3 is 2.67 bits per heavy atom. The molecule has 1 aromatic heterocycles. The lowest BCUT2D eigenvalue weighted by Crippen LogP contribution is -2.55. The van der Waals surface area contributed by atoms with Crippen molar-refractivity contribution in [2.75, 3.05) is 32.7 Å². The monoisotopic (exact) mass is 334 g/mol. The number of nitrogens with zero attached hydrogens (tertiary/aromatic N) is 2. The Morgan fingerprint density at radius 1 is 1.29 bits per heavy atom. The van der Waals surface area contributed by atoms with Crippen molar-refractivity contribution in [3.8, 4) is 0 Å². The van der Waals surface area contributed by atoms with Crippen LogP contribution in [0.25, 0.3) is 0 Å². The molecule has 1 saturated heterocycles. The summed E-state index contributed by atoms with van der Waals surface area (Å²) < 4.78 is 5.22. The molecule has 1 atom stereocenters. The lowest BCUT2D eigenvalue weighted by molar-refractivity contribution is -0.128. The molecular weight excluding hydrogens is 308 g/mol. The Hall–Kier alpha value is -1.86. The molecule has 2 fully saturated rings. The maximum atomic E-state index is 12.3. The molecule has 7 heteroatoms. The number of nitrogens with one attached hydrogen (secondary N) is 2. The summed E-state index contributed by atoms with van der Waals surface area (Å²) in [5, 5.41) is 5.92. The van der Waals surface area contributed by atoms with Crippen molar-refractivity contribution in [1.82, 2.24) is 20.4 Å². The first-order valence-corrected chi connectivity index (χ1v) is 8.67. The van der Waals surface area contributed by atoms with Gasteiger partial charge in [0.25, 0.3) is 0 Å². The SMILES string of the molecule is C[C@H](C(=O)NCc1ccco1)N1CCN(CC(=O)NC2CC2)CC1. The summed E-state index contributed by atoms with van der Waals surface area (Å²) in [6.07, 6.45) is 3.83. The Kier molecular flexibility index (Phi) is 5.52. The number of hydrogen-bond donors (Lipinski definition) is 2. The third-order valence-corrected chi connectivity index (χ3v) is 4.66. The van der Waals surface area contributed by atoms with Crippen molar-refractivity contribution in [3.63, 3.8) is 0 Å². The number of hydrogen-bond acceptors (Lipinski definition) is 5. The molecule has 0 spiro atoms. The number of rotatable bonds is 7. The molecule has 1 aliphatic carbocycles. The number of carbonyl (C=O) groups excluding carboxylic acids is 2. The van der Waals surface area contributed by atoms with Crippen molar-refractivity contribution in [2.45, 2.75) is 38.4 Å². The van der Waals surface area contributed by atoms with Gasteiger partial charge in [0.05, 0.1) is 25.4 Å². The van der Waals surface area contributed by atoms with Gasteiger partial charge >= 0.3 is 0 Å². The van der Waals surface area contributed by atoms with Crippen LogP contribution >= 0.6 is 0 Å². The van der Waals surface area contributed by atoms with Crippen molar-refractivity contribution >= 4 is 11.8 Å². The maximum absolute atomic E-state index is 12.3. The highest BCUT2D eigenvalue weighted by Crippen LogP contribution is 2.18. The highest BCUT2D eigenvalue weighted by atomic mass is 16.3. The van der Waals surface area contributed by atoms with Crippen LogP contribution in [-0.2, 0) is 16.1 Å². The summed E-state index contributed by atoms with van der Waals surface area (Å²) in [5.74, 6) is 0.878. The molecule has 0 radical (unpaired) electrons. The van der Waals surface area contributed by atoms with Gasteiger partial charge in [-0.15, -0.1) is 0 Å². The second-order valence-electron chi connectivity index (χ2n) is 6.63. The lowest BCUT2D eigenvalue weighted by Gasteiger charge is -2.37. The summed E-state index contributed by atoms with van der Waals surface area (Å²) in [6, 6.07) is 3.89. The Morgan fingerprint density at radius 2 is 2.04 bits per heavy atom. The molecule has 0 bridgehead atoms. The maximum Gasteiger partial charge on any atom is 0.237 e. The van der Waals surface area contributed by atoms with E-state index in [9.17, 15) is 9.59 Å². The first-order valence-electron chi connectivity index (χ1n) is 8.67. The van der Waals surface area contributed by atoms with Gasteiger partial charge in [0.15, 0.2) is 0 Å². The van der Waals surface area contributed by atoms with E-state index in [0.29, 0.717) is 19.1 Å². The van der Waals surface area contributed by atoms with Gasteiger partial charge in [-0.3, -0.25) is 19.4 Å². The van der Waals surface area contributed by atoms with Gasteiger partial charge in [0, 0.05) is 32.2 Å². The topological polar surface area (TPSA) is 77.8 Å². The zero-order chi connectivity index (χ0) is 16.9. The second kappa shape index (κ2) is 7.81. The molecule has 132 valence electrons. The fourth-order valence-corrected chi connectivity index (χ4v) is 2.91. The first-order chi connectivity index (χ1) is 11.6. The van der Waals surface area contributed by atoms with E-state index in [-0.39, 0.29) is 17.9 Å². The van der Waals surface area contributed by atoms with Crippen LogP contribution in [0.1, 0.15) is 25.5 Å². The zero-order valence-corrected chi connectivity index (χ0v) is 14.2. The summed E-state index contributed by atoms with van der Waals surface area (Å²) in [6.45, 7) is 6.02. The standard InChI is InChI=1S/C17H26N4O3/c1-13(17(23)18-11-15-3-2-10-24-15)21-8-6-20(7-9-21)12-16(22)19-14-4-5-14/h2-3,10,13-14H,4-9,11-12H2,1H3,(H,18,23)(H,19,22)/t13-/m1/s1. The first kappa shape index (κ1) is 17.0. The van der Waals surface area contributed by atoms with Crippen LogP contribution in [-0.4, -0.2) is 66.4 Å². The molecule has 7 nitrogen and oxygen atoms in total. The number of piperazine rings is 1.